The topological polar surface area (TPSA) is 77.3 Å². The van der Waals surface area contributed by atoms with E-state index < -0.39 is 0 Å². The molecule has 8 heteroatoms. The van der Waals surface area contributed by atoms with Crippen molar-refractivity contribution in [2.45, 2.75) is 31.2 Å². The number of carbonyl (C=O) groups is 1. The molecule has 0 aliphatic carbocycles. The smallest absolute Gasteiger partial charge is 0.280 e. The van der Waals surface area contributed by atoms with Crippen molar-refractivity contribution in [2.75, 3.05) is 20.2 Å². The Balaban J connectivity index is 1.40. The number of amides is 1. The SMILES string of the molecule is COc1ccc(-c2nnc3n(c2=O)CC[C@]32CCN(C(=O)Cc3ccsc3)C2)cc1. The van der Waals surface area contributed by atoms with E-state index in [1.54, 1.807) is 23.0 Å². The minimum Gasteiger partial charge on any atom is -0.497 e. The fourth-order valence-electron chi connectivity index (χ4n) is 4.54. The van der Waals surface area contributed by atoms with E-state index in [-0.39, 0.29) is 16.9 Å². The summed E-state index contributed by atoms with van der Waals surface area (Å²) in [6.07, 6.45) is 2.05. The summed E-state index contributed by atoms with van der Waals surface area (Å²) < 4.78 is 6.93. The standard InChI is InChI=1S/C22H22N4O3S/c1-29-17-4-2-16(3-5-17)19-20(28)26-10-8-22(21(26)24-23-19)7-9-25(14-22)18(27)12-15-6-11-30-13-15/h2-6,11,13H,7-10,12,14H2,1H3/t22-/m0/s1. The Morgan fingerprint density at radius 1 is 1.17 bits per heavy atom. The van der Waals surface area contributed by atoms with Crippen molar-refractivity contribution in [3.8, 4) is 17.0 Å². The summed E-state index contributed by atoms with van der Waals surface area (Å²) in [4.78, 5) is 27.8. The highest BCUT2D eigenvalue weighted by Crippen LogP contribution is 2.41. The van der Waals surface area contributed by atoms with Gasteiger partial charge in [0.15, 0.2) is 5.69 Å². The summed E-state index contributed by atoms with van der Waals surface area (Å²) in [6, 6.07) is 9.25. The number of ether oxygens (including phenoxy) is 1. The predicted octanol–water partition coefficient (Wildman–Crippen LogP) is 2.49. The van der Waals surface area contributed by atoms with Gasteiger partial charge in [0.1, 0.15) is 11.6 Å². The van der Waals surface area contributed by atoms with Gasteiger partial charge in [-0.3, -0.25) is 14.2 Å². The molecule has 2 aliphatic rings. The highest BCUT2D eigenvalue weighted by Gasteiger charge is 2.48. The number of hydrogen-bond donors (Lipinski definition) is 0. The largest absolute Gasteiger partial charge is 0.497 e. The zero-order valence-electron chi connectivity index (χ0n) is 16.7. The van der Waals surface area contributed by atoms with Gasteiger partial charge in [0.2, 0.25) is 5.91 Å². The van der Waals surface area contributed by atoms with Gasteiger partial charge in [0.25, 0.3) is 5.56 Å². The van der Waals surface area contributed by atoms with Crippen molar-refractivity contribution < 1.29 is 9.53 Å². The quantitative estimate of drug-likeness (QED) is 0.646. The molecule has 30 heavy (non-hydrogen) atoms. The molecule has 1 fully saturated rings. The van der Waals surface area contributed by atoms with Gasteiger partial charge in [0.05, 0.1) is 18.9 Å². The predicted molar refractivity (Wildman–Crippen MR) is 114 cm³/mol. The molecule has 1 amide bonds. The fourth-order valence-corrected chi connectivity index (χ4v) is 5.21. The maximum absolute atomic E-state index is 13.1. The zero-order valence-corrected chi connectivity index (χ0v) is 17.5. The highest BCUT2D eigenvalue weighted by molar-refractivity contribution is 7.08. The summed E-state index contributed by atoms with van der Waals surface area (Å²) in [5, 5.41) is 12.8. The minimum atomic E-state index is -0.269. The third kappa shape index (κ3) is 3.11. The summed E-state index contributed by atoms with van der Waals surface area (Å²) >= 11 is 1.60. The molecule has 0 bridgehead atoms. The molecule has 0 unspecified atom stereocenters. The minimum absolute atomic E-state index is 0.120. The lowest BCUT2D eigenvalue weighted by Gasteiger charge is -2.23. The van der Waals surface area contributed by atoms with Gasteiger partial charge < -0.3 is 9.64 Å². The monoisotopic (exact) mass is 422 g/mol. The molecule has 4 heterocycles. The molecule has 0 saturated carbocycles. The summed E-state index contributed by atoms with van der Waals surface area (Å²) in [7, 11) is 1.61. The Morgan fingerprint density at radius 3 is 2.70 bits per heavy atom. The number of aromatic nitrogens is 3. The van der Waals surface area contributed by atoms with Crippen LogP contribution in [0.5, 0.6) is 5.75 Å². The van der Waals surface area contributed by atoms with E-state index in [1.807, 2.05) is 46.0 Å². The van der Waals surface area contributed by atoms with Gasteiger partial charge >= 0.3 is 0 Å². The number of likely N-dealkylation sites (tertiary alicyclic amines) is 1. The molecular weight excluding hydrogens is 400 g/mol. The number of hydrogen-bond acceptors (Lipinski definition) is 6. The average Bonchev–Trinajstić information content (AvgIpc) is 3.51. The van der Waals surface area contributed by atoms with Crippen LogP contribution < -0.4 is 10.3 Å². The first-order chi connectivity index (χ1) is 14.6. The maximum atomic E-state index is 13.1. The Kier molecular flexibility index (Phi) is 4.66. The Hall–Kier alpha value is -3.00. The van der Waals surface area contributed by atoms with Gasteiger partial charge in [-0.15, -0.1) is 10.2 Å². The molecule has 0 N–H and O–H groups in total. The first kappa shape index (κ1) is 19.0. The van der Waals surface area contributed by atoms with E-state index in [0.717, 1.165) is 35.5 Å². The Bertz CT molecular complexity index is 1140. The van der Waals surface area contributed by atoms with Crippen LogP contribution in [-0.2, 0) is 23.2 Å². The molecule has 1 saturated heterocycles. The van der Waals surface area contributed by atoms with Gasteiger partial charge in [-0.05, 0) is 59.5 Å². The van der Waals surface area contributed by atoms with Crippen molar-refractivity contribution in [1.82, 2.24) is 19.7 Å². The van der Waals surface area contributed by atoms with Crippen LogP contribution in [0, 0.1) is 0 Å². The zero-order chi connectivity index (χ0) is 20.7. The third-order valence-electron chi connectivity index (χ3n) is 6.24. The number of benzene rings is 1. The van der Waals surface area contributed by atoms with E-state index in [4.69, 9.17) is 4.74 Å². The number of methoxy groups -OCH3 is 1. The van der Waals surface area contributed by atoms with Crippen molar-refractivity contribution >= 4 is 17.2 Å². The van der Waals surface area contributed by atoms with Gasteiger partial charge in [-0.2, -0.15) is 11.3 Å². The lowest BCUT2D eigenvalue weighted by molar-refractivity contribution is -0.129. The molecule has 2 aromatic heterocycles. The van der Waals surface area contributed by atoms with Crippen LogP contribution in [0.1, 0.15) is 24.2 Å². The summed E-state index contributed by atoms with van der Waals surface area (Å²) in [5.74, 6) is 1.58. The Morgan fingerprint density at radius 2 is 1.97 bits per heavy atom. The van der Waals surface area contributed by atoms with Crippen LogP contribution in [0.3, 0.4) is 0 Å². The van der Waals surface area contributed by atoms with Crippen LogP contribution >= 0.6 is 11.3 Å². The average molecular weight is 423 g/mol. The van der Waals surface area contributed by atoms with Crippen LogP contribution in [0.15, 0.2) is 45.9 Å². The fraction of sp³-hybridized carbons (Fsp3) is 0.364. The first-order valence-corrected chi connectivity index (χ1v) is 11.0. The number of nitrogens with zero attached hydrogens (tertiary/aromatic N) is 4. The molecular formula is C22H22N4O3S. The van der Waals surface area contributed by atoms with Gasteiger partial charge in [-0.25, -0.2) is 0 Å². The number of fused-ring (bicyclic) bond motifs is 2. The lowest BCUT2D eigenvalue weighted by Crippen LogP contribution is -2.36. The van der Waals surface area contributed by atoms with Crippen molar-refractivity contribution in [3.05, 3.63) is 62.8 Å². The van der Waals surface area contributed by atoms with E-state index in [1.165, 1.54) is 0 Å². The molecule has 0 radical (unpaired) electrons. The second kappa shape index (κ2) is 7.36. The first-order valence-electron chi connectivity index (χ1n) is 10.0. The van der Waals surface area contributed by atoms with Crippen molar-refractivity contribution in [3.63, 3.8) is 0 Å². The molecule has 1 aromatic carbocycles. The molecule has 3 aromatic rings. The Labute approximate surface area is 177 Å². The molecule has 2 aliphatic heterocycles. The van der Waals surface area contributed by atoms with Crippen LogP contribution in [0.25, 0.3) is 11.3 Å². The van der Waals surface area contributed by atoms with E-state index >= 15 is 0 Å². The van der Waals surface area contributed by atoms with Crippen molar-refractivity contribution in [2.24, 2.45) is 0 Å². The third-order valence-corrected chi connectivity index (χ3v) is 6.97. The molecule has 1 atom stereocenters. The number of thiophene rings is 1. The highest BCUT2D eigenvalue weighted by atomic mass is 32.1. The second-order valence-corrected chi connectivity index (χ2v) is 8.74. The normalized spacial score (nSPS) is 20.0. The number of carbonyl (C=O) groups excluding carboxylic acids is 1. The maximum Gasteiger partial charge on any atom is 0.280 e. The van der Waals surface area contributed by atoms with E-state index in [2.05, 4.69) is 10.2 Å². The summed E-state index contributed by atoms with van der Waals surface area (Å²) in [6.45, 7) is 1.91. The molecule has 5 rings (SSSR count). The molecule has 1 spiro atoms. The van der Waals surface area contributed by atoms with Crippen LogP contribution in [0.2, 0.25) is 0 Å². The van der Waals surface area contributed by atoms with Crippen molar-refractivity contribution in [1.29, 1.82) is 0 Å². The molecule has 7 nitrogen and oxygen atoms in total. The second-order valence-electron chi connectivity index (χ2n) is 7.96. The van der Waals surface area contributed by atoms with Crippen LogP contribution in [-0.4, -0.2) is 45.8 Å². The number of rotatable bonds is 4. The van der Waals surface area contributed by atoms with Gasteiger partial charge in [-0.1, -0.05) is 0 Å². The van der Waals surface area contributed by atoms with Crippen LogP contribution in [0.4, 0.5) is 0 Å². The van der Waals surface area contributed by atoms with E-state index in [0.29, 0.717) is 31.7 Å². The van der Waals surface area contributed by atoms with Gasteiger partial charge in [0, 0.05) is 25.2 Å². The summed E-state index contributed by atoms with van der Waals surface area (Å²) in [5.41, 5.74) is 1.74. The lowest BCUT2D eigenvalue weighted by atomic mass is 9.85. The van der Waals surface area contributed by atoms with E-state index in [9.17, 15) is 9.59 Å². The molecule has 154 valence electrons.